The number of rotatable bonds is 8. The standard InChI is InChI=1S/C8H15F2NO3/c9-7(10)6-14-5-3-11-8(13)2-1-4-12/h7,12H,1-6H2,(H,11,13). The summed E-state index contributed by atoms with van der Waals surface area (Å²) in [5, 5.41) is 10.9. The fourth-order valence-corrected chi connectivity index (χ4v) is 0.763. The van der Waals surface area contributed by atoms with Crippen LogP contribution in [0.25, 0.3) is 0 Å². The van der Waals surface area contributed by atoms with Crippen LogP contribution in [0.15, 0.2) is 0 Å². The normalized spacial score (nSPS) is 10.6. The summed E-state index contributed by atoms with van der Waals surface area (Å²) in [5.41, 5.74) is 0. The summed E-state index contributed by atoms with van der Waals surface area (Å²) < 4.78 is 27.6. The average Bonchev–Trinajstić information content (AvgIpc) is 2.13. The van der Waals surface area contributed by atoms with Gasteiger partial charge in [-0.2, -0.15) is 0 Å². The maximum absolute atomic E-state index is 11.5. The van der Waals surface area contributed by atoms with Crippen molar-refractivity contribution in [3.05, 3.63) is 0 Å². The molecular weight excluding hydrogens is 196 g/mol. The number of nitrogens with one attached hydrogen (secondary N) is 1. The van der Waals surface area contributed by atoms with Gasteiger partial charge >= 0.3 is 0 Å². The van der Waals surface area contributed by atoms with Crippen LogP contribution in [-0.2, 0) is 9.53 Å². The fraction of sp³-hybridized carbons (Fsp3) is 0.875. The molecule has 0 unspecified atom stereocenters. The van der Waals surface area contributed by atoms with Crippen molar-refractivity contribution >= 4 is 5.91 Å². The third-order valence-electron chi connectivity index (χ3n) is 1.37. The molecule has 0 aromatic rings. The minimum atomic E-state index is -2.47. The van der Waals surface area contributed by atoms with Crippen LogP contribution in [0.4, 0.5) is 8.78 Å². The van der Waals surface area contributed by atoms with Gasteiger partial charge in [0.25, 0.3) is 6.43 Å². The molecule has 0 saturated heterocycles. The van der Waals surface area contributed by atoms with E-state index < -0.39 is 13.0 Å². The van der Waals surface area contributed by atoms with Crippen molar-refractivity contribution < 1.29 is 23.4 Å². The van der Waals surface area contributed by atoms with Crippen molar-refractivity contribution in [3.63, 3.8) is 0 Å². The Morgan fingerprint density at radius 3 is 2.79 bits per heavy atom. The first-order valence-electron chi connectivity index (χ1n) is 4.40. The van der Waals surface area contributed by atoms with Gasteiger partial charge in [0.15, 0.2) is 0 Å². The van der Waals surface area contributed by atoms with Gasteiger partial charge in [-0.05, 0) is 6.42 Å². The molecule has 0 heterocycles. The number of carbonyl (C=O) groups is 1. The van der Waals surface area contributed by atoms with Crippen molar-refractivity contribution in [2.75, 3.05) is 26.4 Å². The molecule has 0 aromatic heterocycles. The highest BCUT2D eigenvalue weighted by molar-refractivity contribution is 5.75. The number of amides is 1. The summed E-state index contributed by atoms with van der Waals surface area (Å²) in [6.07, 6.45) is -1.82. The zero-order chi connectivity index (χ0) is 10.8. The molecule has 14 heavy (non-hydrogen) atoms. The average molecular weight is 211 g/mol. The molecule has 0 aliphatic heterocycles. The van der Waals surface area contributed by atoms with Gasteiger partial charge in [-0.15, -0.1) is 0 Å². The SMILES string of the molecule is O=C(CCCO)NCCOCC(F)F. The maximum Gasteiger partial charge on any atom is 0.261 e. The van der Waals surface area contributed by atoms with Crippen molar-refractivity contribution in [3.8, 4) is 0 Å². The number of hydrogen-bond acceptors (Lipinski definition) is 3. The largest absolute Gasteiger partial charge is 0.396 e. The molecule has 6 heteroatoms. The zero-order valence-corrected chi connectivity index (χ0v) is 7.84. The van der Waals surface area contributed by atoms with Gasteiger partial charge in [0.2, 0.25) is 5.91 Å². The lowest BCUT2D eigenvalue weighted by Crippen LogP contribution is -2.27. The number of aliphatic hydroxyl groups excluding tert-OH is 1. The second kappa shape index (κ2) is 8.83. The molecule has 0 aliphatic rings. The van der Waals surface area contributed by atoms with Crippen LogP contribution in [0.2, 0.25) is 0 Å². The zero-order valence-electron chi connectivity index (χ0n) is 7.84. The van der Waals surface area contributed by atoms with E-state index in [1.165, 1.54) is 0 Å². The van der Waals surface area contributed by atoms with Gasteiger partial charge < -0.3 is 15.2 Å². The monoisotopic (exact) mass is 211 g/mol. The number of hydrogen-bond donors (Lipinski definition) is 2. The molecule has 0 rings (SSSR count). The van der Waals surface area contributed by atoms with Crippen molar-refractivity contribution in [2.24, 2.45) is 0 Å². The molecule has 0 radical (unpaired) electrons. The van der Waals surface area contributed by atoms with Gasteiger partial charge in [0.1, 0.15) is 6.61 Å². The van der Waals surface area contributed by atoms with Crippen LogP contribution in [0.3, 0.4) is 0 Å². The fourth-order valence-electron chi connectivity index (χ4n) is 0.763. The maximum atomic E-state index is 11.5. The Kier molecular flexibility index (Phi) is 8.36. The summed E-state index contributed by atoms with van der Waals surface area (Å²) in [4.78, 5) is 10.9. The molecule has 84 valence electrons. The first-order chi connectivity index (χ1) is 6.66. The molecule has 0 fully saturated rings. The summed E-state index contributed by atoms with van der Waals surface area (Å²) in [7, 11) is 0. The lowest BCUT2D eigenvalue weighted by atomic mass is 10.3. The van der Waals surface area contributed by atoms with Crippen LogP contribution in [-0.4, -0.2) is 43.8 Å². The molecule has 1 amide bonds. The predicted molar refractivity (Wildman–Crippen MR) is 46.2 cm³/mol. The van der Waals surface area contributed by atoms with E-state index in [0.717, 1.165) is 0 Å². The van der Waals surface area contributed by atoms with Crippen LogP contribution >= 0.6 is 0 Å². The van der Waals surface area contributed by atoms with E-state index in [-0.39, 0.29) is 32.1 Å². The van der Waals surface area contributed by atoms with Crippen LogP contribution < -0.4 is 5.32 Å². The third-order valence-corrected chi connectivity index (χ3v) is 1.37. The van der Waals surface area contributed by atoms with Crippen molar-refractivity contribution in [2.45, 2.75) is 19.3 Å². The van der Waals surface area contributed by atoms with Gasteiger partial charge in [0, 0.05) is 19.6 Å². The first-order valence-corrected chi connectivity index (χ1v) is 4.40. The highest BCUT2D eigenvalue weighted by Gasteiger charge is 2.02. The van der Waals surface area contributed by atoms with Gasteiger partial charge in [0.05, 0.1) is 6.61 Å². The number of ether oxygens (including phenoxy) is 1. The molecule has 0 aromatic carbocycles. The molecule has 0 aliphatic carbocycles. The lowest BCUT2D eigenvalue weighted by molar-refractivity contribution is -0.121. The Morgan fingerprint density at radius 2 is 2.21 bits per heavy atom. The summed E-state index contributed by atoms with van der Waals surface area (Å²) >= 11 is 0. The molecule has 0 atom stereocenters. The number of halogens is 2. The van der Waals surface area contributed by atoms with Gasteiger partial charge in [-0.3, -0.25) is 4.79 Å². The molecule has 0 bridgehead atoms. The summed E-state index contributed by atoms with van der Waals surface area (Å²) in [5.74, 6) is -0.209. The van der Waals surface area contributed by atoms with E-state index in [2.05, 4.69) is 10.1 Å². The molecule has 0 saturated carbocycles. The number of aliphatic hydroxyl groups is 1. The van der Waals surface area contributed by atoms with E-state index in [4.69, 9.17) is 5.11 Å². The molecule has 4 nitrogen and oxygen atoms in total. The number of carbonyl (C=O) groups excluding carboxylic acids is 1. The second-order valence-corrected chi connectivity index (χ2v) is 2.64. The topological polar surface area (TPSA) is 58.6 Å². The highest BCUT2D eigenvalue weighted by Crippen LogP contribution is 1.91. The van der Waals surface area contributed by atoms with Crippen molar-refractivity contribution in [1.29, 1.82) is 0 Å². The van der Waals surface area contributed by atoms with E-state index in [1.807, 2.05) is 0 Å². The lowest BCUT2D eigenvalue weighted by Gasteiger charge is -2.05. The molecular formula is C8H15F2NO3. The van der Waals surface area contributed by atoms with Crippen LogP contribution in [0.1, 0.15) is 12.8 Å². The van der Waals surface area contributed by atoms with Gasteiger partial charge in [-0.25, -0.2) is 8.78 Å². The Morgan fingerprint density at radius 1 is 1.50 bits per heavy atom. The smallest absolute Gasteiger partial charge is 0.261 e. The molecule has 2 N–H and O–H groups in total. The Hall–Kier alpha value is -0.750. The Bertz CT molecular complexity index is 156. The second-order valence-electron chi connectivity index (χ2n) is 2.64. The van der Waals surface area contributed by atoms with E-state index >= 15 is 0 Å². The minimum absolute atomic E-state index is 0.0324. The third kappa shape index (κ3) is 9.34. The highest BCUT2D eigenvalue weighted by atomic mass is 19.3. The van der Waals surface area contributed by atoms with Gasteiger partial charge in [-0.1, -0.05) is 0 Å². The first kappa shape index (κ1) is 13.2. The quantitative estimate of drug-likeness (QED) is 0.562. The van der Waals surface area contributed by atoms with Crippen LogP contribution in [0, 0.1) is 0 Å². The molecule has 0 spiro atoms. The van der Waals surface area contributed by atoms with E-state index in [0.29, 0.717) is 6.42 Å². The predicted octanol–water partition coefficient (Wildman–Crippen LogP) is 0.157. The Labute approximate surface area is 81.2 Å². The van der Waals surface area contributed by atoms with Crippen molar-refractivity contribution in [1.82, 2.24) is 5.32 Å². The number of alkyl halides is 2. The van der Waals surface area contributed by atoms with E-state index in [9.17, 15) is 13.6 Å². The van der Waals surface area contributed by atoms with E-state index in [1.54, 1.807) is 0 Å². The Balaban J connectivity index is 3.15. The van der Waals surface area contributed by atoms with Crippen LogP contribution in [0.5, 0.6) is 0 Å². The minimum Gasteiger partial charge on any atom is -0.396 e. The summed E-state index contributed by atoms with van der Waals surface area (Å²) in [6, 6.07) is 0. The summed E-state index contributed by atoms with van der Waals surface area (Å²) in [6.45, 7) is -0.339.